The summed E-state index contributed by atoms with van der Waals surface area (Å²) in [7, 11) is 0. The number of hydrogen-bond donors (Lipinski definition) is 0. The summed E-state index contributed by atoms with van der Waals surface area (Å²) < 4.78 is 1.17. The molecule has 0 aromatic heterocycles. The van der Waals surface area contributed by atoms with Crippen LogP contribution in [0.15, 0.2) is 28.7 Å². The second-order valence-corrected chi connectivity index (χ2v) is 6.62. The highest BCUT2D eigenvalue weighted by Gasteiger charge is 2.38. The van der Waals surface area contributed by atoms with Crippen molar-refractivity contribution in [2.24, 2.45) is 5.41 Å². The number of benzene rings is 1. The van der Waals surface area contributed by atoms with E-state index < -0.39 is 0 Å². The molecule has 1 nitrogen and oxygen atoms in total. The van der Waals surface area contributed by atoms with Crippen molar-refractivity contribution in [1.82, 2.24) is 0 Å². The standard InChI is InChI=1S/C15H20BrN/c16-13-4-6-14(7-5-13)17-11-10-15(12-17)8-2-1-3-9-15/h4-7H,1-3,8-12H2. The highest BCUT2D eigenvalue weighted by Crippen LogP contribution is 2.44. The summed E-state index contributed by atoms with van der Waals surface area (Å²) in [6.07, 6.45) is 8.69. The zero-order valence-electron chi connectivity index (χ0n) is 10.3. The van der Waals surface area contributed by atoms with E-state index in [1.807, 2.05) is 0 Å². The zero-order chi connectivity index (χ0) is 11.7. The van der Waals surface area contributed by atoms with Gasteiger partial charge >= 0.3 is 0 Å². The molecule has 1 aliphatic carbocycles. The zero-order valence-corrected chi connectivity index (χ0v) is 11.9. The van der Waals surface area contributed by atoms with E-state index in [9.17, 15) is 0 Å². The molecule has 1 heterocycles. The summed E-state index contributed by atoms with van der Waals surface area (Å²) >= 11 is 3.51. The number of hydrogen-bond acceptors (Lipinski definition) is 1. The van der Waals surface area contributed by atoms with Crippen LogP contribution >= 0.6 is 15.9 Å². The average molecular weight is 294 g/mol. The Kier molecular flexibility index (Phi) is 3.16. The topological polar surface area (TPSA) is 3.24 Å². The lowest BCUT2D eigenvalue weighted by Crippen LogP contribution is -2.29. The number of nitrogens with zero attached hydrogens (tertiary/aromatic N) is 1. The predicted octanol–water partition coefficient (Wildman–Crippen LogP) is 4.61. The van der Waals surface area contributed by atoms with Gasteiger partial charge < -0.3 is 4.90 Å². The van der Waals surface area contributed by atoms with Gasteiger partial charge in [-0.3, -0.25) is 0 Å². The summed E-state index contributed by atoms with van der Waals surface area (Å²) in [4.78, 5) is 2.58. The molecule has 17 heavy (non-hydrogen) atoms. The summed E-state index contributed by atoms with van der Waals surface area (Å²) in [5.41, 5.74) is 2.06. The van der Waals surface area contributed by atoms with Gasteiger partial charge in [0.25, 0.3) is 0 Å². The molecule has 1 spiro atoms. The largest absolute Gasteiger partial charge is 0.371 e. The Labute approximate surface area is 112 Å². The molecule has 0 amide bonds. The van der Waals surface area contributed by atoms with Gasteiger partial charge in [-0.15, -0.1) is 0 Å². The number of halogens is 1. The Hall–Kier alpha value is -0.500. The van der Waals surface area contributed by atoms with Crippen LogP contribution in [0.4, 0.5) is 5.69 Å². The van der Waals surface area contributed by atoms with E-state index in [-0.39, 0.29) is 0 Å². The Morgan fingerprint density at radius 3 is 2.35 bits per heavy atom. The first-order valence-corrected chi connectivity index (χ1v) is 7.57. The lowest BCUT2D eigenvalue weighted by molar-refractivity contribution is 0.219. The van der Waals surface area contributed by atoms with Crippen molar-refractivity contribution in [3.63, 3.8) is 0 Å². The van der Waals surface area contributed by atoms with Gasteiger partial charge in [-0.05, 0) is 48.9 Å². The van der Waals surface area contributed by atoms with Crippen LogP contribution in [-0.2, 0) is 0 Å². The molecule has 1 aromatic rings. The molecule has 0 unspecified atom stereocenters. The smallest absolute Gasteiger partial charge is 0.0367 e. The van der Waals surface area contributed by atoms with E-state index in [1.54, 1.807) is 0 Å². The summed E-state index contributed by atoms with van der Waals surface area (Å²) in [6, 6.07) is 8.79. The van der Waals surface area contributed by atoms with Crippen molar-refractivity contribution in [2.75, 3.05) is 18.0 Å². The van der Waals surface area contributed by atoms with Crippen molar-refractivity contribution in [3.8, 4) is 0 Å². The molecule has 1 aromatic carbocycles. The first kappa shape index (κ1) is 11.6. The fraction of sp³-hybridized carbons (Fsp3) is 0.600. The van der Waals surface area contributed by atoms with Gasteiger partial charge in [-0.25, -0.2) is 0 Å². The van der Waals surface area contributed by atoms with Gasteiger partial charge in [-0.1, -0.05) is 35.2 Å². The maximum Gasteiger partial charge on any atom is 0.0367 e. The monoisotopic (exact) mass is 293 g/mol. The molecule has 2 aliphatic rings. The molecule has 0 atom stereocenters. The maximum atomic E-state index is 3.51. The molecule has 3 rings (SSSR count). The van der Waals surface area contributed by atoms with Crippen molar-refractivity contribution in [2.45, 2.75) is 38.5 Å². The summed E-state index contributed by atoms with van der Waals surface area (Å²) in [5, 5.41) is 0. The van der Waals surface area contributed by atoms with Crippen LogP contribution in [0.1, 0.15) is 38.5 Å². The van der Waals surface area contributed by atoms with E-state index in [1.165, 1.54) is 61.8 Å². The maximum absolute atomic E-state index is 3.51. The molecule has 0 radical (unpaired) electrons. The average Bonchev–Trinajstić information content (AvgIpc) is 2.75. The molecular formula is C15H20BrN. The second-order valence-electron chi connectivity index (χ2n) is 5.71. The molecule has 2 fully saturated rings. The van der Waals surface area contributed by atoms with Gasteiger partial charge in [0.15, 0.2) is 0 Å². The van der Waals surface area contributed by atoms with Crippen LogP contribution in [0.3, 0.4) is 0 Å². The molecule has 0 N–H and O–H groups in total. The molecular weight excluding hydrogens is 274 g/mol. The summed E-state index contributed by atoms with van der Waals surface area (Å²) in [5.74, 6) is 0. The van der Waals surface area contributed by atoms with Gasteiger partial charge in [0, 0.05) is 23.2 Å². The minimum atomic E-state index is 0.658. The Morgan fingerprint density at radius 1 is 0.941 bits per heavy atom. The van der Waals surface area contributed by atoms with Crippen LogP contribution < -0.4 is 4.90 Å². The van der Waals surface area contributed by atoms with Crippen molar-refractivity contribution in [3.05, 3.63) is 28.7 Å². The SMILES string of the molecule is Brc1ccc(N2CCC3(CCCCC3)C2)cc1. The third-order valence-electron chi connectivity index (χ3n) is 4.54. The van der Waals surface area contributed by atoms with Crippen molar-refractivity contribution >= 4 is 21.6 Å². The van der Waals surface area contributed by atoms with E-state index in [2.05, 4.69) is 45.1 Å². The van der Waals surface area contributed by atoms with Crippen LogP contribution in [0.5, 0.6) is 0 Å². The number of rotatable bonds is 1. The Morgan fingerprint density at radius 2 is 1.65 bits per heavy atom. The highest BCUT2D eigenvalue weighted by molar-refractivity contribution is 9.10. The molecule has 2 heteroatoms. The third kappa shape index (κ3) is 2.37. The second kappa shape index (κ2) is 4.64. The van der Waals surface area contributed by atoms with Gasteiger partial charge in [-0.2, -0.15) is 0 Å². The van der Waals surface area contributed by atoms with E-state index in [4.69, 9.17) is 0 Å². The molecule has 1 saturated carbocycles. The Balaban J connectivity index is 1.72. The molecule has 92 valence electrons. The summed E-state index contributed by atoms with van der Waals surface area (Å²) in [6.45, 7) is 2.54. The van der Waals surface area contributed by atoms with E-state index in [0.717, 1.165) is 0 Å². The van der Waals surface area contributed by atoms with Crippen molar-refractivity contribution < 1.29 is 0 Å². The fourth-order valence-corrected chi connectivity index (χ4v) is 3.78. The fourth-order valence-electron chi connectivity index (χ4n) is 3.52. The van der Waals surface area contributed by atoms with Gasteiger partial charge in [0.2, 0.25) is 0 Å². The van der Waals surface area contributed by atoms with Crippen LogP contribution in [0.25, 0.3) is 0 Å². The molecule has 1 saturated heterocycles. The van der Waals surface area contributed by atoms with Crippen LogP contribution in [0.2, 0.25) is 0 Å². The third-order valence-corrected chi connectivity index (χ3v) is 5.07. The first-order valence-electron chi connectivity index (χ1n) is 6.78. The quantitative estimate of drug-likeness (QED) is 0.731. The van der Waals surface area contributed by atoms with Gasteiger partial charge in [0.1, 0.15) is 0 Å². The minimum absolute atomic E-state index is 0.658. The Bertz CT molecular complexity index is 378. The lowest BCUT2D eigenvalue weighted by Gasteiger charge is -2.33. The minimum Gasteiger partial charge on any atom is -0.371 e. The van der Waals surface area contributed by atoms with Crippen molar-refractivity contribution in [1.29, 1.82) is 0 Å². The predicted molar refractivity (Wildman–Crippen MR) is 76.5 cm³/mol. The van der Waals surface area contributed by atoms with Gasteiger partial charge in [0.05, 0.1) is 0 Å². The highest BCUT2D eigenvalue weighted by atomic mass is 79.9. The van der Waals surface area contributed by atoms with Crippen LogP contribution in [0, 0.1) is 5.41 Å². The molecule has 0 bridgehead atoms. The number of anilines is 1. The lowest BCUT2D eigenvalue weighted by atomic mass is 9.73. The van der Waals surface area contributed by atoms with E-state index in [0.29, 0.717) is 5.41 Å². The van der Waals surface area contributed by atoms with E-state index >= 15 is 0 Å². The molecule has 1 aliphatic heterocycles. The first-order chi connectivity index (χ1) is 8.27. The normalized spacial score (nSPS) is 23.2. The van der Waals surface area contributed by atoms with Crippen LogP contribution in [-0.4, -0.2) is 13.1 Å².